The molecule has 24 heavy (non-hydrogen) atoms. The van der Waals surface area contributed by atoms with Crippen molar-refractivity contribution in [3.05, 3.63) is 35.6 Å². The number of carbonyl (C=O) groups is 3. The van der Waals surface area contributed by atoms with E-state index in [1.807, 2.05) is 13.0 Å². The summed E-state index contributed by atoms with van der Waals surface area (Å²) >= 11 is 0. The summed E-state index contributed by atoms with van der Waals surface area (Å²) in [6.45, 7) is 5.33. The summed E-state index contributed by atoms with van der Waals surface area (Å²) in [5.41, 5.74) is -1.75. The molecular weight excluding hydrogens is 308 g/mol. The zero-order valence-electron chi connectivity index (χ0n) is 14.1. The molecule has 0 aromatic heterocycles. The first-order chi connectivity index (χ1) is 11.3. The number of ether oxygens (including phenoxy) is 1. The molecule has 3 rings (SSSR count). The van der Waals surface area contributed by atoms with E-state index in [1.54, 1.807) is 26.0 Å². The predicted molar refractivity (Wildman–Crippen MR) is 84.4 cm³/mol. The lowest BCUT2D eigenvalue weighted by Crippen LogP contribution is -2.46. The SMILES string of the molecule is C[C@@H]1C[C@H](C)C(=O)C=C[C@@H]2C=C[C@H](C)C[C@@]23OC(=O)C(=C3[O-])C1=O. The van der Waals surface area contributed by atoms with E-state index in [9.17, 15) is 19.5 Å². The number of hydrogen-bond acceptors (Lipinski definition) is 5. The predicted octanol–water partition coefficient (Wildman–Crippen LogP) is 1.48. The highest BCUT2D eigenvalue weighted by atomic mass is 16.6. The smallest absolute Gasteiger partial charge is 0.341 e. The number of allylic oxidation sites excluding steroid dienone is 2. The van der Waals surface area contributed by atoms with E-state index >= 15 is 0 Å². The molecule has 0 aromatic carbocycles. The fraction of sp³-hybridized carbons (Fsp3) is 0.526. The lowest BCUT2D eigenvalue weighted by atomic mass is 9.74. The number of ketones is 2. The van der Waals surface area contributed by atoms with E-state index in [1.165, 1.54) is 6.08 Å². The summed E-state index contributed by atoms with van der Waals surface area (Å²) in [5, 5.41) is 13.0. The number of esters is 1. The summed E-state index contributed by atoms with van der Waals surface area (Å²) in [6, 6.07) is 0. The van der Waals surface area contributed by atoms with Crippen molar-refractivity contribution in [2.45, 2.75) is 39.2 Å². The van der Waals surface area contributed by atoms with Gasteiger partial charge >= 0.3 is 5.97 Å². The zero-order valence-corrected chi connectivity index (χ0v) is 14.1. The summed E-state index contributed by atoms with van der Waals surface area (Å²) in [7, 11) is 0. The fourth-order valence-electron chi connectivity index (χ4n) is 3.86. The van der Waals surface area contributed by atoms with Gasteiger partial charge in [-0.3, -0.25) is 9.59 Å². The van der Waals surface area contributed by atoms with Crippen molar-refractivity contribution in [1.29, 1.82) is 0 Å². The molecule has 2 aliphatic carbocycles. The van der Waals surface area contributed by atoms with Crippen molar-refractivity contribution in [2.75, 3.05) is 0 Å². The Morgan fingerprint density at radius 1 is 1.08 bits per heavy atom. The molecule has 2 bridgehead atoms. The number of hydrogen-bond donors (Lipinski definition) is 0. The minimum Gasteiger partial charge on any atom is -0.872 e. The average Bonchev–Trinajstić information content (AvgIpc) is 2.75. The molecule has 0 amide bonds. The third-order valence-electron chi connectivity index (χ3n) is 5.26. The van der Waals surface area contributed by atoms with Gasteiger partial charge in [-0.1, -0.05) is 44.8 Å². The maximum absolute atomic E-state index is 13.0. The topological polar surface area (TPSA) is 83.5 Å². The quantitative estimate of drug-likeness (QED) is 0.382. The van der Waals surface area contributed by atoms with Crippen molar-refractivity contribution in [3.8, 4) is 0 Å². The van der Waals surface area contributed by atoms with E-state index in [0.29, 0.717) is 12.8 Å². The minimum atomic E-state index is -1.39. The third kappa shape index (κ3) is 2.43. The van der Waals surface area contributed by atoms with Gasteiger partial charge in [0.2, 0.25) is 0 Å². The molecule has 0 radical (unpaired) electrons. The molecule has 0 saturated heterocycles. The Kier molecular flexibility index (Phi) is 3.98. The van der Waals surface area contributed by atoms with Crippen LogP contribution in [0.25, 0.3) is 0 Å². The van der Waals surface area contributed by atoms with Crippen LogP contribution < -0.4 is 5.11 Å². The Morgan fingerprint density at radius 2 is 1.79 bits per heavy atom. The van der Waals surface area contributed by atoms with E-state index in [2.05, 4.69) is 0 Å². The number of rotatable bonds is 0. The first-order valence-corrected chi connectivity index (χ1v) is 8.36. The van der Waals surface area contributed by atoms with Gasteiger partial charge in [0.25, 0.3) is 0 Å². The molecule has 0 N–H and O–H groups in total. The Morgan fingerprint density at radius 3 is 2.50 bits per heavy atom. The third-order valence-corrected chi connectivity index (χ3v) is 5.26. The highest BCUT2D eigenvalue weighted by molar-refractivity contribution is 6.20. The van der Waals surface area contributed by atoms with Gasteiger partial charge in [-0.25, -0.2) is 4.79 Å². The summed E-state index contributed by atoms with van der Waals surface area (Å²) in [4.78, 5) is 37.2. The van der Waals surface area contributed by atoms with E-state index in [4.69, 9.17) is 4.74 Å². The lowest BCUT2D eigenvalue weighted by Gasteiger charge is -2.42. The molecule has 1 aliphatic heterocycles. The molecule has 5 atom stereocenters. The van der Waals surface area contributed by atoms with Crippen LogP contribution in [0.2, 0.25) is 0 Å². The van der Waals surface area contributed by atoms with E-state index in [0.717, 1.165) is 0 Å². The molecular formula is C19H21O5-. The fourth-order valence-corrected chi connectivity index (χ4v) is 3.86. The van der Waals surface area contributed by atoms with Crippen molar-refractivity contribution in [3.63, 3.8) is 0 Å². The largest absolute Gasteiger partial charge is 0.872 e. The summed E-state index contributed by atoms with van der Waals surface area (Å²) in [5.74, 6) is -3.35. The van der Waals surface area contributed by atoms with E-state index in [-0.39, 0.29) is 23.2 Å². The van der Waals surface area contributed by atoms with Crippen molar-refractivity contribution >= 4 is 17.5 Å². The first-order valence-electron chi connectivity index (χ1n) is 8.36. The zero-order chi connectivity index (χ0) is 17.6. The molecule has 1 heterocycles. The summed E-state index contributed by atoms with van der Waals surface area (Å²) in [6.07, 6.45) is 7.45. The minimum absolute atomic E-state index is 0.0398. The van der Waals surface area contributed by atoms with Crippen LogP contribution >= 0.6 is 0 Å². The highest BCUT2D eigenvalue weighted by Gasteiger charge is 2.51. The molecule has 5 heteroatoms. The maximum atomic E-state index is 13.0. The monoisotopic (exact) mass is 329 g/mol. The number of Topliss-reactive ketones (excluding diaryl/α,β-unsaturated/α-hetero) is 1. The van der Waals surface area contributed by atoms with Crippen LogP contribution in [0.3, 0.4) is 0 Å². The summed E-state index contributed by atoms with van der Waals surface area (Å²) < 4.78 is 5.49. The van der Waals surface area contributed by atoms with Crippen LogP contribution in [0.15, 0.2) is 35.6 Å². The molecule has 0 saturated carbocycles. The Bertz CT molecular complexity index is 699. The van der Waals surface area contributed by atoms with Gasteiger partial charge < -0.3 is 9.84 Å². The standard InChI is InChI=1S/C19H22O5/c1-10-4-5-13-6-7-14(20)11(2)8-12(3)16(21)15-17(22)19(13,9-10)24-18(15)23/h4-7,10-13,22H,8-9H2,1-3H3/p-1/t10-,11-,12+,13-,19+/m0/s1. The van der Waals surface area contributed by atoms with Crippen molar-refractivity contribution in [2.24, 2.45) is 23.7 Å². The molecule has 0 aromatic rings. The number of carbonyl (C=O) groups excluding carboxylic acids is 3. The van der Waals surface area contributed by atoms with Crippen molar-refractivity contribution in [1.82, 2.24) is 0 Å². The Labute approximate surface area is 141 Å². The van der Waals surface area contributed by atoms with Gasteiger partial charge in [0.1, 0.15) is 5.60 Å². The van der Waals surface area contributed by atoms with Gasteiger partial charge in [0.05, 0.1) is 5.57 Å². The van der Waals surface area contributed by atoms with Crippen LogP contribution in [-0.4, -0.2) is 23.1 Å². The average molecular weight is 329 g/mol. The van der Waals surface area contributed by atoms with Crippen LogP contribution in [0.1, 0.15) is 33.6 Å². The highest BCUT2D eigenvalue weighted by Crippen LogP contribution is 2.46. The van der Waals surface area contributed by atoms with Gasteiger partial charge in [-0.05, 0) is 24.8 Å². The molecule has 1 spiro atoms. The van der Waals surface area contributed by atoms with Crippen LogP contribution in [0.5, 0.6) is 0 Å². The molecule has 3 aliphatic rings. The van der Waals surface area contributed by atoms with Gasteiger partial charge in [0.15, 0.2) is 11.6 Å². The van der Waals surface area contributed by atoms with Gasteiger partial charge in [-0.15, -0.1) is 0 Å². The molecule has 0 unspecified atom stereocenters. The van der Waals surface area contributed by atoms with Crippen LogP contribution in [0, 0.1) is 23.7 Å². The Hall–Kier alpha value is -2.17. The Balaban J connectivity index is 2.18. The lowest BCUT2D eigenvalue weighted by molar-refractivity contribution is -0.333. The second kappa shape index (κ2) is 5.72. The van der Waals surface area contributed by atoms with Crippen molar-refractivity contribution < 1.29 is 24.2 Å². The second-order valence-corrected chi connectivity index (χ2v) is 7.24. The molecule has 0 fully saturated rings. The molecule has 5 nitrogen and oxygen atoms in total. The van der Waals surface area contributed by atoms with Gasteiger partial charge in [0, 0.05) is 17.8 Å². The van der Waals surface area contributed by atoms with E-state index < -0.39 is 34.9 Å². The van der Waals surface area contributed by atoms with Gasteiger partial charge in [-0.2, -0.15) is 0 Å². The maximum Gasteiger partial charge on any atom is 0.341 e. The van der Waals surface area contributed by atoms with Crippen LogP contribution in [0.4, 0.5) is 0 Å². The normalized spacial score (nSPS) is 39.5. The second-order valence-electron chi connectivity index (χ2n) is 7.24. The molecule has 128 valence electrons. The first kappa shape index (κ1) is 16.7. The van der Waals surface area contributed by atoms with Crippen LogP contribution in [-0.2, 0) is 19.1 Å².